The Labute approximate surface area is 212 Å². The maximum Gasteiger partial charge on any atom is 0.234 e. The van der Waals surface area contributed by atoms with Crippen LogP contribution in [0.5, 0.6) is 5.75 Å². The molecule has 8 nitrogen and oxygen atoms in total. The lowest BCUT2D eigenvalue weighted by atomic mass is 10.1. The SMILES string of the molecule is CCn1c(SCC(=O)Nc2ccc(Cl)c(Cl)c2)nnc1C(C)NC(=O)Cc1ccc(OC)cc1. The number of aromatic nitrogens is 3. The second-order valence-electron chi connectivity index (χ2n) is 7.36. The van der Waals surface area contributed by atoms with Crippen molar-refractivity contribution in [3.8, 4) is 5.75 Å². The van der Waals surface area contributed by atoms with E-state index in [1.165, 1.54) is 11.8 Å². The Morgan fingerprint density at radius 2 is 1.82 bits per heavy atom. The van der Waals surface area contributed by atoms with E-state index in [1.54, 1.807) is 25.3 Å². The van der Waals surface area contributed by atoms with Crippen molar-refractivity contribution >= 4 is 52.5 Å². The van der Waals surface area contributed by atoms with Gasteiger partial charge in [-0.1, -0.05) is 47.1 Å². The predicted molar refractivity (Wildman–Crippen MR) is 135 cm³/mol. The van der Waals surface area contributed by atoms with Gasteiger partial charge in [-0.25, -0.2) is 0 Å². The zero-order chi connectivity index (χ0) is 24.7. The van der Waals surface area contributed by atoms with Crippen molar-refractivity contribution in [2.24, 2.45) is 0 Å². The summed E-state index contributed by atoms with van der Waals surface area (Å²) in [6, 6.07) is 11.9. The van der Waals surface area contributed by atoms with Crippen LogP contribution in [0.25, 0.3) is 0 Å². The minimum Gasteiger partial charge on any atom is -0.497 e. The summed E-state index contributed by atoms with van der Waals surface area (Å²) in [5, 5.41) is 15.6. The monoisotopic (exact) mass is 521 g/mol. The zero-order valence-electron chi connectivity index (χ0n) is 19.0. The Bertz CT molecular complexity index is 1150. The fourth-order valence-corrected chi connectivity index (χ4v) is 4.32. The van der Waals surface area contributed by atoms with Gasteiger partial charge in [0.25, 0.3) is 0 Å². The average Bonchev–Trinajstić information content (AvgIpc) is 3.23. The molecule has 0 fully saturated rings. The van der Waals surface area contributed by atoms with Gasteiger partial charge in [-0.15, -0.1) is 10.2 Å². The van der Waals surface area contributed by atoms with Crippen LogP contribution < -0.4 is 15.4 Å². The number of benzene rings is 2. The summed E-state index contributed by atoms with van der Waals surface area (Å²) in [6.45, 7) is 4.41. The van der Waals surface area contributed by atoms with Crippen molar-refractivity contribution in [3.05, 3.63) is 63.9 Å². The number of ether oxygens (including phenoxy) is 1. The van der Waals surface area contributed by atoms with E-state index in [-0.39, 0.29) is 30.0 Å². The van der Waals surface area contributed by atoms with Crippen LogP contribution in [0.15, 0.2) is 47.6 Å². The van der Waals surface area contributed by atoms with Crippen molar-refractivity contribution in [1.29, 1.82) is 0 Å². The first-order valence-electron chi connectivity index (χ1n) is 10.5. The average molecular weight is 522 g/mol. The van der Waals surface area contributed by atoms with Crippen molar-refractivity contribution < 1.29 is 14.3 Å². The molecule has 0 aliphatic carbocycles. The number of rotatable bonds is 10. The van der Waals surface area contributed by atoms with E-state index in [0.717, 1.165) is 11.3 Å². The van der Waals surface area contributed by atoms with Gasteiger partial charge in [0.15, 0.2) is 11.0 Å². The summed E-state index contributed by atoms with van der Waals surface area (Å²) in [6.07, 6.45) is 0.241. The summed E-state index contributed by atoms with van der Waals surface area (Å²) < 4.78 is 7.03. The van der Waals surface area contributed by atoms with Gasteiger partial charge in [0.05, 0.1) is 35.4 Å². The number of nitrogens with one attached hydrogen (secondary N) is 2. The molecule has 2 aromatic carbocycles. The van der Waals surface area contributed by atoms with Gasteiger partial charge in [0.1, 0.15) is 5.75 Å². The third kappa shape index (κ3) is 6.88. The third-order valence-electron chi connectivity index (χ3n) is 4.89. The normalized spacial score (nSPS) is 11.7. The number of carbonyl (C=O) groups excluding carboxylic acids is 2. The van der Waals surface area contributed by atoms with Crippen molar-refractivity contribution in [1.82, 2.24) is 20.1 Å². The topological polar surface area (TPSA) is 98.1 Å². The molecule has 0 saturated heterocycles. The highest BCUT2D eigenvalue weighted by molar-refractivity contribution is 7.99. The van der Waals surface area contributed by atoms with Crippen LogP contribution in [0, 0.1) is 0 Å². The summed E-state index contributed by atoms with van der Waals surface area (Å²) in [5.74, 6) is 1.16. The molecule has 34 heavy (non-hydrogen) atoms. The maximum atomic E-state index is 12.5. The van der Waals surface area contributed by atoms with E-state index in [2.05, 4.69) is 20.8 Å². The fourth-order valence-electron chi connectivity index (χ4n) is 3.21. The first-order valence-corrected chi connectivity index (χ1v) is 12.3. The first kappa shape index (κ1) is 25.9. The maximum absolute atomic E-state index is 12.5. The van der Waals surface area contributed by atoms with Gasteiger partial charge in [-0.3, -0.25) is 9.59 Å². The number of hydrogen-bond acceptors (Lipinski definition) is 6. The molecule has 1 unspecified atom stereocenters. The molecule has 1 heterocycles. The molecule has 0 radical (unpaired) electrons. The first-order chi connectivity index (χ1) is 16.3. The Balaban J connectivity index is 1.57. The molecule has 2 amide bonds. The molecule has 1 atom stereocenters. The fraction of sp³-hybridized carbons (Fsp3) is 0.304. The van der Waals surface area contributed by atoms with E-state index in [9.17, 15) is 9.59 Å². The molecule has 0 saturated carbocycles. The Morgan fingerprint density at radius 1 is 1.09 bits per heavy atom. The predicted octanol–water partition coefficient (Wildman–Crippen LogP) is 4.76. The molecule has 0 aliphatic heterocycles. The summed E-state index contributed by atoms with van der Waals surface area (Å²) in [5.41, 5.74) is 1.44. The van der Waals surface area contributed by atoms with Gasteiger partial charge in [-0.05, 0) is 49.7 Å². The van der Waals surface area contributed by atoms with Crippen molar-refractivity contribution in [2.75, 3.05) is 18.2 Å². The number of anilines is 1. The molecule has 1 aromatic heterocycles. The van der Waals surface area contributed by atoms with Crippen LogP contribution in [0.4, 0.5) is 5.69 Å². The number of methoxy groups -OCH3 is 1. The van der Waals surface area contributed by atoms with Crippen LogP contribution in [-0.4, -0.2) is 39.4 Å². The number of amides is 2. The van der Waals surface area contributed by atoms with Crippen molar-refractivity contribution in [3.63, 3.8) is 0 Å². The van der Waals surface area contributed by atoms with E-state index in [1.807, 2.05) is 42.7 Å². The zero-order valence-corrected chi connectivity index (χ0v) is 21.3. The van der Waals surface area contributed by atoms with Gasteiger partial charge >= 0.3 is 0 Å². The molecular formula is C23H25Cl2N5O3S. The standard InChI is InChI=1S/C23H25Cl2N5O3S/c1-4-30-22(14(2)26-20(31)11-15-5-8-17(33-3)9-6-15)28-29-23(30)34-13-21(32)27-16-7-10-18(24)19(25)12-16/h5-10,12,14H,4,11,13H2,1-3H3,(H,26,31)(H,27,32). The molecule has 3 rings (SSSR count). The minimum atomic E-state index is -0.349. The number of thioether (sulfide) groups is 1. The summed E-state index contributed by atoms with van der Waals surface area (Å²) in [4.78, 5) is 24.9. The van der Waals surface area contributed by atoms with Crippen molar-refractivity contribution in [2.45, 2.75) is 38.0 Å². The molecule has 11 heteroatoms. The van der Waals surface area contributed by atoms with Crippen LogP contribution in [0.3, 0.4) is 0 Å². The van der Waals surface area contributed by atoms with Gasteiger partial charge < -0.3 is 19.9 Å². The Hall–Kier alpha value is -2.75. The highest BCUT2D eigenvalue weighted by Gasteiger charge is 2.20. The van der Waals surface area contributed by atoms with E-state index < -0.39 is 0 Å². The Kier molecular flexibility index (Phi) is 9.20. The number of hydrogen-bond donors (Lipinski definition) is 2. The number of carbonyl (C=O) groups is 2. The van der Waals surface area contributed by atoms with Crippen LogP contribution in [0.2, 0.25) is 10.0 Å². The molecule has 0 bridgehead atoms. The summed E-state index contributed by atoms with van der Waals surface area (Å²) in [7, 11) is 1.60. The quantitative estimate of drug-likeness (QED) is 0.373. The van der Waals surface area contributed by atoms with Gasteiger partial charge in [0.2, 0.25) is 11.8 Å². The van der Waals surface area contributed by atoms with E-state index in [0.29, 0.717) is 33.3 Å². The number of nitrogens with zero attached hydrogens (tertiary/aromatic N) is 3. The molecule has 2 N–H and O–H groups in total. The summed E-state index contributed by atoms with van der Waals surface area (Å²) >= 11 is 13.2. The minimum absolute atomic E-state index is 0.126. The molecule has 0 spiro atoms. The molecule has 3 aromatic rings. The highest BCUT2D eigenvalue weighted by atomic mass is 35.5. The lowest BCUT2D eigenvalue weighted by Crippen LogP contribution is -2.30. The van der Waals surface area contributed by atoms with E-state index in [4.69, 9.17) is 27.9 Å². The second kappa shape index (κ2) is 12.1. The smallest absolute Gasteiger partial charge is 0.234 e. The highest BCUT2D eigenvalue weighted by Crippen LogP contribution is 2.26. The third-order valence-corrected chi connectivity index (χ3v) is 6.59. The molecule has 0 aliphatic rings. The lowest BCUT2D eigenvalue weighted by Gasteiger charge is -2.15. The lowest BCUT2D eigenvalue weighted by molar-refractivity contribution is -0.121. The second-order valence-corrected chi connectivity index (χ2v) is 9.12. The van der Waals surface area contributed by atoms with Gasteiger partial charge in [-0.2, -0.15) is 0 Å². The largest absolute Gasteiger partial charge is 0.497 e. The van der Waals surface area contributed by atoms with E-state index >= 15 is 0 Å². The van der Waals surface area contributed by atoms with Crippen LogP contribution >= 0.6 is 35.0 Å². The molecule has 180 valence electrons. The van der Waals surface area contributed by atoms with Crippen LogP contribution in [0.1, 0.15) is 31.3 Å². The van der Waals surface area contributed by atoms with Crippen LogP contribution in [-0.2, 0) is 22.6 Å². The molecular weight excluding hydrogens is 497 g/mol. The van der Waals surface area contributed by atoms with Gasteiger partial charge in [0, 0.05) is 12.2 Å². The number of halogens is 2. The Morgan fingerprint density at radius 3 is 2.47 bits per heavy atom.